The van der Waals surface area contributed by atoms with Crippen LogP contribution < -0.4 is 20.7 Å². The molecule has 2 rings (SSSR count). The predicted octanol–water partition coefficient (Wildman–Crippen LogP) is 1.53. The second-order valence-corrected chi connectivity index (χ2v) is 4.83. The van der Waals surface area contributed by atoms with Gasteiger partial charge in [0.1, 0.15) is 30.9 Å². The van der Waals surface area contributed by atoms with Crippen LogP contribution in [-0.2, 0) is 6.54 Å². The number of aromatic nitrogens is 2. The van der Waals surface area contributed by atoms with Gasteiger partial charge in [-0.15, -0.1) is 0 Å². The van der Waals surface area contributed by atoms with Gasteiger partial charge in [-0.2, -0.15) is 10.5 Å². The molecule has 1 aromatic carbocycles. The minimum Gasteiger partial charge on any atom is -0.497 e. The van der Waals surface area contributed by atoms with E-state index in [-0.39, 0.29) is 13.1 Å². The van der Waals surface area contributed by atoms with Gasteiger partial charge in [-0.25, -0.2) is 9.97 Å². The first-order chi connectivity index (χ1) is 11.7. The number of hydrogen-bond acceptors (Lipinski definition) is 8. The van der Waals surface area contributed by atoms with Gasteiger partial charge in [0, 0.05) is 6.54 Å². The Bertz CT molecular complexity index is 745. The Morgan fingerprint density at radius 2 is 1.83 bits per heavy atom. The molecular weight excluding hydrogens is 306 g/mol. The van der Waals surface area contributed by atoms with Gasteiger partial charge in [0.05, 0.1) is 19.2 Å². The molecule has 1 heterocycles. The van der Waals surface area contributed by atoms with Gasteiger partial charge in [-0.1, -0.05) is 12.1 Å². The molecule has 0 atom stereocenters. The normalized spacial score (nSPS) is 9.62. The fourth-order valence-corrected chi connectivity index (χ4v) is 2.08. The van der Waals surface area contributed by atoms with Crippen LogP contribution in [0.25, 0.3) is 0 Å². The number of ether oxygens (including phenoxy) is 1. The maximum Gasteiger partial charge on any atom is 0.159 e. The smallest absolute Gasteiger partial charge is 0.159 e. The molecule has 0 unspecified atom stereocenters. The summed E-state index contributed by atoms with van der Waals surface area (Å²) in [7, 11) is 1.62. The van der Waals surface area contributed by atoms with Crippen molar-refractivity contribution < 1.29 is 4.74 Å². The number of methoxy groups -OCH3 is 1. The highest BCUT2D eigenvalue weighted by molar-refractivity contribution is 5.75. The first kappa shape index (κ1) is 16.8. The minimum absolute atomic E-state index is 0.0205. The molecule has 0 bridgehead atoms. The molecule has 0 saturated heterocycles. The molecular formula is C16H17N7O. The molecule has 0 radical (unpaired) electrons. The summed E-state index contributed by atoms with van der Waals surface area (Å²) in [6, 6.07) is 11.6. The van der Waals surface area contributed by atoms with Crippen molar-refractivity contribution in [3.63, 3.8) is 0 Å². The second-order valence-electron chi connectivity index (χ2n) is 4.83. The van der Waals surface area contributed by atoms with Crippen LogP contribution in [0.15, 0.2) is 30.6 Å². The summed E-state index contributed by atoms with van der Waals surface area (Å²) in [5.41, 5.74) is 7.42. The first-order valence-corrected chi connectivity index (χ1v) is 7.15. The van der Waals surface area contributed by atoms with Gasteiger partial charge in [-0.3, -0.25) is 0 Å². The van der Waals surface area contributed by atoms with Crippen molar-refractivity contribution in [3.8, 4) is 17.9 Å². The fourth-order valence-electron chi connectivity index (χ4n) is 2.08. The average Bonchev–Trinajstić information content (AvgIpc) is 2.61. The molecule has 122 valence electrons. The molecule has 0 aliphatic carbocycles. The zero-order chi connectivity index (χ0) is 17.4. The summed E-state index contributed by atoms with van der Waals surface area (Å²) in [6.07, 6.45) is 1.35. The summed E-state index contributed by atoms with van der Waals surface area (Å²) < 4.78 is 5.12. The van der Waals surface area contributed by atoms with Gasteiger partial charge >= 0.3 is 0 Å². The highest BCUT2D eigenvalue weighted by atomic mass is 16.5. The Morgan fingerprint density at radius 3 is 2.42 bits per heavy atom. The number of nitrogens with one attached hydrogen (secondary N) is 1. The summed E-state index contributed by atoms with van der Waals surface area (Å²) in [4.78, 5) is 9.71. The molecule has 0 amide bonds. The average molecular weight is 323 g/mol. The number of nitrogens with zero attached hydrogens (tertiary/aromatic N) is 5. The van der Waals surface area contributed by atoms with Crippen LogP contribution in [0, 0.1) is 22.7 Å². The van der Waals surface area contributed by atoms with E-state index in [2.05, 4.69) is 15.3 Å². The SMILES string of the molecule is COc1ccc(CNc2ncnc(N(CC#N)CC#N)c2N)cc1. The lowest BCUT2D eigenvalue weighted by atomic mass is 10.2. The van der Waals surface area contributed by atoms with Crippen molar-refractivity contribution in [3.05, 3.63) is 36.2 Å². The molecule has 24 heavy (non-hydrogen) atoms. The summed E-state index contributed by atoms with van der Waals surface area (Å²) >= 11 is 0. The molecule has 1 aromatic heterocycles. The van der Waals surface area contributed by atoms with Crippen LogP contribution in [0.3, 0.4) is 0 Å². The van der Waals surface area contributed by atoms with E-state index in [1.54, 1.807) is 7.11 Å². The Hall–Kier alpha value is -3.52. The molecule has 0 spiro atoms. The Kier molecular flexibility index (Phi) is 5.76. The standard InChI is InChI=1S/C16H17N7O/c1-24-13-4-2-12(3-5-13)10-20-15-14(19)16(22-11-21-15)23(8-6-17)9-7-18/h2-5,11H,8-10,19H2,1H3,(H,20,21,22). The van der Waals surface area contributed by atoms with Crippen LogP contribution in [0.4, 0.5) is 17.3 Å². The predicted molar refractivity (Wildman–Crippen MR) is 90.2 cm³/mol. The number of nitrogen functional groups attached to an aromatic ring is 1. The van der Waals surface area contributed by atoms with Crippen molar-refractivity contribution in [2.24, 2.45) is 0 Å². The van der Waals surface area contributed by atoms with E-state index < -0.39 is 0 Å². The van der Waals surface area contributed by atoms with Crippen molar-refractivity contribution in [2.75, 3.05) is 36.1 Å². The number of rotatable bonds is 7. The third kappa shape index (κ3) is 4.02. The minimum atomic E-state index is 0.0205. The highest BCUT2D eigenvalue weighted by Crippen LogP contribution is 2.26. The topological polar surface area (TPSA) is 124 Å². The first-order valence-electron chi connectivity index (χ1n) is 7.15. The van der Waals surface area contributed by atoms with Crippen molar-refractivity contribution >= 4 is 17.3 Å². The molecule has 8 heteroatoms. The lowest BCUT2D eigenvalue weighted by Crippen LogP contribution is -2.26. The molecule has 2 aromatic rings. The molecule has 0 fully saturated rings. The zero-order valence-electron chi connectivity index (χ0n) is 13.2. The zero-order valence-corrected chi connectivity index (χ0v) is 13.2. The Balaban J connectivity index is 2.14. The number of anilines is 3. The number of nitriles is 2. The van der Waals surface area contributed by atoms with Gasteiger partial charge < -0.3 is 20.7 Å². The lowest BCUT2D eigenvalue weighted by Gasteiger charge is -2.20. The fraction of sp³-hybridized carbons (Fsp3) is 0.250. The molecule has 0 aliphatic rings. The number of hydrogen-bond donors (Lipinski definition) is 2. The maximum absolute atomic E-state index is 8.87. The molecule has 8 nitrogen and oxygen atoms in total. The summed E-state index contributed by atoms with van der Waals surface area (Å²) in [6.45, 7) is 0.556. The van der Waals surface area contributed by atoms with E-state index in [4.69, 9.17) is 21.0 Å². The van der Waals surface area contributed by atoms with E-state index in [1.807, 2.05) is 36.4 Å². The third-order valence-electron chi connectivity index (χ3n) is 3.30. The second kappa shape index (κ2) is 8.20. The van der Waals surface area contributed by atoms with Crippen LogP contribution >= 0.6 is 0 Å². The monoisotopic (exact) mass is 323 g/mol. The van der Waals surface area contributed by atoms with E-state index >= 15 is 0 Å². The third-order valence-corrected chi connectivity index (χ3v) is 3.30. The summed E-state index contributed by atoms with van der Waals surface area (Å²) in [5, 5.41) is 20.9. The molecule has 3 N–H and O–H groups in total. The van der Waals surface area contributed by atoms with Crippen LogP contribution in [0.1, 0.15) is 5.56 Å². The van der Waals surface area contributed by atoms with E-state index in [0.717, 1.165) is 11.3 Å². The maximum atomic E-state index is 8.87. The van der Waals surface area contributed by atoms with Gasteiger partial charge in [0.15, 0.2) is 11.6 Å². The Morgan fingerprint density at radius 1 is 1.17 bits per heavy atom. The van der Waals surface area contributed by atoms with Crippen molar-refractivity contribution in [2.45, 2.75) is 6.54 Å². The van der Waals surface area contributed by atoms with Crippen molar-refractivity contribution in [1.29, 1.82) is 10.5 Å². The highest BCUT2D eigenvalue weighted by Gasteiger charge is 2.14. The lowest BCUT2D eigenvalue weighted by molar-refractivity contribution is 0.414. The van der Waals surface area contributed by atoms with E-state index in [9.17, 15) is 0 Å². The van der Waals surface area contributed by atoms with E-state index in [1.165, 1.54) is 11.2 Å². The van der Waals surface area contributed by atoms with E-state index in [0.29, 0.717) is 23.9 Å². The number of benzene rings is 1. The van der Waals surface area contributed by atoms with Crippen molar-refractivity contribution in [1.82, 2.24) is 9.97 Å². The van der Waals surface area contributed by atoms with Gasteiger partial charge in [0.25, 0.3) is 0 Å². The van der Waals surface area contributed by atoms with Gasteiger partial charge in [0.2, 0.25) is 0 Å². The van der Waals surface area contributed by atoms with Crippen LogP contribution in [0.5, 0.6) is 5.75 Å². The largest absolute Gasteiger partial charge is 0.497 e. The quantitative estimate of drug-likeness (QED) is 0.735. The molecule has 0 saturated carbocycles. The summed E-state index contributed by atoms with van der Waals surface area (Å²) in [5.74, 6) is 1.60. The Labute approximate surface area is 140 Å². The van der Waals surface area contributed by atoms with Crippen LogP contribution in [-0.4, -0.2) is 30.2 Å². The van der Waals surface area contributed by atoms with Gasteiger partial charge in [-0.05, 0) is 17.7 Å². The van der Waals surface area contributed by atoms with Crippen LogP contribution in [0.2, 0.25) is 0 Å². The molecule has 0 aliphatic heterocycles. The number of nitrogens with two attached hydrogens (primary N) is 1.